The van der Waals surface area contributed by atoms with Crippen molar-refractivity contribution in [1.82, 2.24) is 4.90 Å². The smallest absolute Gasteiger partial charge is 0.261 e. The monoisotopic (exact) mass is 466 g/mol. The summed E-state index contributed by atoms with van der Waals surface area (Å²) in [6.07, 6.45) is 4.26. The Bertz CT molecular complexity index is 1240. The Kier molecular flexibility index (Phi) is 6.00. The Balaban J connectivity index is 1.55. The van der Waals surface area contributed by atoms with E-state index in [0.717, 1.165) is 42.7 Å². The van der Waals surface area contributed by atoms with Crippen LogP contribution in [0.3, 0.4) is 0 Å². The fraction of sp³-hybridized carbons (Fsp3) is 0.355. The maximum Gasteiger partial charge on any atom is 0.261 e. The first kappa shape index (κ1) is 23.3. The van der Waals surface area contributed by atoms with Crippen LogP contribution in [0.2, 0.25) is 0 Å². The van der Waals surface area contributed by atoms with Crippen LogP contribution >= 0.6 is 0 Å². The largest absolute Gasteiger partial charge is 0.310 e. The summed E-state index contributed by atoms with van der Waals surface area (Å²) in [5.41, 5.74) is 6.48. The molecule has 0 saturated heterocycles. The minimum Gasteiger partial charge on any atom is -0.310 e. The Morgan fingerprint density at radius 1 is 0.800 bits per heavy atom. The number of unbranched alkanes of at least 4 members (excludes halogenated alkanes) is 1. The highest BCUT2D eigenvalue weighted by atomic mass is 16.2. The van der Waals surface area contributed by atoms with E-state index >= 15 is 0 Å². The first-order valence-electron chi connectivity index (χ1n) is 12.9. The van der Waals surface area contributed by atoms with E-state index in [1.165, 1.54) is 16.0 Å². The molecule has 0 fully saturated rings. The lowest BCUT2D eigenvalue weighted by Crippen LogP contribution is -2.34. The van der Waals surface area contributed by atoms with Crippen LogP contribution in [0.5, 0.6) is 0 Å². The molecule has 0 N–H and O–H groups in total. The van der Waals surface area contributed by atoms with Gasteiger partial charge in [0.2, 0.25) is 0 Å². The highest BCUT2D eigenvalue weighted by Gasteiger charge is 2.39. The number of benzene rings is 3. The minimum atomic E-state index is -0.166. The van der Waals surface area contributed by atoms with Crippen molar-refractivity contribution in [3.05, 3.63) is 89.0 Å². The number of nitrogens with zero attached hydrogens (tertiary/aromatic N) is 2. The van der Waals surface area contributed by atoms with Crippen LogP contribution < -0.4 is 4.90 Å². The molecule has 0 aromatic heterocycles. The van der Waals surface area contributed by atoms with Gasteiger partial charge in [0.05, 0.1) is 22.5 Å². The van der Waals surface area contributed by atoms with E-state index in [9.17, 15) is 9.59 Å². The van der Waals surface area contributed by atoms with Crippen LogP contribution in [-0.2, 0) is 5.41 Å². The average molecular weight is 467 g/mol. The summed E-state index contributed by atoms with van der Waals surface area (Å²) in [7, 11) is 0. The van der Waals surface area contributed by atoms with Gasteiger partial charge in [-0.3, -0.25) is 14.5 Å². The van der Waals surface area contributed by atoms with Gasteiger partial charge in [0.15, 0.2) is 0 Å². The zero-order valence-corrected chi connectivity index (χ0v) is 21.2. The molecule has 0 bridgehead atoms. The minimum absolute atomic E-state index is 0.142. The normalized spacial score (nSPS) is 16.7. The standard InChI is InChI=1S/C31H34N2O2/c1-5-7-12-21(6-2)20-32-29(34)23-18-17-22(19-24(23)30(32)35)33-27-15-10-8-13-25(27)31(3,4)26-14-9-11-16-28(26)33/h8-11,13-19,21H,5-7,12,20H2,1-4H3. The summed E-state index contributed by atoms with van der Waals surface area (Å²) in [5.74, 6) is 0.0208. The van der Waals surface area contributed by atoms with E-state index < -0.39 is 0 Å². The molecule has 0 aliphatic carbocycles. The van der Waals surface area contributed by atoms with Crippen LogP contribution in [-0.4, -0.2) is 23.3 Å². The van der Waals surface area contributed by atoms with E-state index in [-0.39, 0.29) is 17.2 Å². The molecule has 1 atom stereocenters. The number of fused-ring (bicyclic) bond motifs is 3. The molecule has 3 aromatic rings. The number of para-hydroxylation sites is 2. The van der Waals surface area contributed by atoms with Crippen LogP contribution in [0.15, 0.2) is 66.7 Å². The molecular formula is C31H34N2O2. The van der Waals surface area contributed by atoms with Gasteiger partial charge in [-0.25, -0.2) is 0 Å². The molecule has 0 saturated carbocycles. The summed E-state index contributed by atoms with van der Waals surface area (Å²) in [4.78, 5) is 30.3. The lowest BCUT2D eigenvalue weighted by molar-refractivity contribution is 0.0624. The maximum atomic E-state index is 13.4. The van der Waals surface area contributed by atoms with Crippen molar-refractivity contribution in [3.8, 4) is 0 Å². The molecule has 0 radical (unpaired) electrons. The molecule has 2 amide bonds. The van der Waals surface area contributed by atoms with E-state index in [1.54, 1.807) is 0 Å². The first-order chi connectivity index (χ1) is 16.9. The number of amides is 2. The van der Waals surface area contributed by atoms with Gasteiger partial charge < -0.3 is 4.90 Å². The molecule has 1 unspecified atom stereocenters. The molecule has 2 aliphatic heterocycles. The Labute approximate surface area is 208 Å². The van der Waals surface area contributed by atoms with Crippen molar-refractivity contribution < 1.29 is 9.59 Å². The summed E-state index contributed by atoms with van der Waals surface area (Å²) in [6.45, 7) is 9.33. The molecule has 5 rings (SSSR count). The second-order valence-corrected chi connectivity index (χ2v) is 10.4. The predicted octanol–water partition coefficient (Wildman–Crippen LogP) is 7.61. The van der Waals surface area contributed by atoms with Crippen LogP contribution in [0, 0.1) is 5.92 Å². The summed E-state index contributed by atoms with van der Waals surface area (Å²) in [5, 5.41) is 0. The zero-order valence-electron chi connectivity index (χ0n) is 21.2. The third-order valence-electron chi connectivity index (χ3n) is 7.83. The van der Waals surface area contributed by atoms with Crippen molar-refractivity contribution in [3.63, 3.8) is 0 Å². The van der Waals surface area contributed by atoms with Crippen LogP contribution in [0.4, 0.5) is 17.1 Å². The lowest BCUT2D eigenvalue weighted by Gasteiger charge is -2.42. The van der Waals surface area contributed by atoms with Gasteiger partial charge in [0.25, 0.3) is 11.8 Å². The highest BCUT2D eigenvalue weighted by Crippen LogP contribution is 2.51. The second kappa shape index (κ2) is 8.99. The third-order valence-corrected chi connectivity index (χ3v) is 7.83. The fourth-order valence-corrected chi connectivity index (χ4v) is 5.71. The highest BCUT2D eigenvalue weighted by molar-refractivity contribution is 6.21. The molecular weight excluding hydrogens is 432 g/mol. The molecule has 0 spiro atoms. The average Bonchev–Trinajstić information content (AvgIpc) is 3.11. The van der Waals surface area contributed by atoms with Gasteiger partial charge >= 0.3 is 0 Å². The predicted molar refractivity (Wildman–Crippen MR) is 142 cm³/mol. The van der Waals surface area contributed by atoms with E-state index in [1.807, 2.05) is 18.2 Å². The Hall–Kier alpha value is -3.40. The molecule has 35 heavy (non-hydrogen) atoms. The number of hydrogen-bond acceptors (Lipinski definition) is 3. The van der Waals surface area contributed by atoms with Crippen molar-refractivity contribution >= 4 is 28.9 Å². The van der Waals surface area contributed by atoms with Crippen molar-refractivity contribution in [2.75, 3.05) is 11.4 Å². The van der Waals surface area contributed by atoms with Crippen molar-refractivity contribution in [1.29, 1.82) is 0 Å². The lowest BCUT2D eigenvalue weighted by atomic mass is 9.73. The molecule has 4 nitrogen and oxygen atoms in total. The number of rotatable bonds is 7. The SMILES string of the molecule is CCCCC(CC)CN1C(=O)c2ccc(N3c4ccccc4C(C)(C)c4ccccc43)cc2C1=O. The van der Waals surface area contributed by atoms with E-state index in [0.29, 0.717) is 23.6 Å². The van der Waals surface area contributed by atoms with Crippen molar-refractivity contribution in [2.24, 2.45) is 5.92 Å². The number of hydrogen-bond donors (Lipinski definition) is 0. The van der Waals surface area contributed by atoms with E-state index in [4.69, 9.17) is 0 Å². The molecule has 4 heteroatoms. The van der Waals surface area contributed by atoms with Gasteiger partial charge in [0, 0.05) is 17.6 Å². The van der Waals surface area contributed by atoms with Crippen LogP contribution in [0.25, 0.3) is 0 Å². The molecule has 2 heterocycles. The van der Waals surface area contributed by atoms with Crippen LogP contribution in [0.1, 0.15) is 85.2 Å². The summed E-state index contributed by atoms with van der Waals surface area (Å²) in [6, 6.07) is 22.6. The zero-order chi connectivity index (χ0) is 24.7. The van der Waals surface area contributed by atoms with Gasteiger partial charge in [0.1, 0.15) is 0 Å². The Morgan fingerprint density at radius 3 is 2.00 bits per heavy atom. The topological polar surface area (TPSA) is 40.6 Å². The summed E-state index contributed by atoms with van der Waals surface area (Å²) < 4.78 is 0. The fourth-order valence-electron chi connectivity index (χ4n) is 5.71. The van der Waals surface area contributed by atoms with Gasteiger partial charge in [-0.05, 0) is 53.8 Å². The molecule has 2 aliphatic rings. The molecule has 3 aromatic carbocycles. The van der Waals surface area contributed by atoms with Gasteiger partial charge in [-0.2, -0.15) is 0 Å². The number of anilines is 3. The number of carbonyl (C=O) groups is 2. The first-order valence-corrected chi connectivity index (χ1v) is 12.9. The van der Waals surface area contributed by atoms with Crippen molar-refractivity contribution in [2.45, 2.75) is 58.8 Å². The second-order valence-electron chi connectivity index (χ2n) is 10.4. The number of carbonyl (C=O) groups excluding carboxylic acids is 2. The maximum absolute atomic E-state index is 13.4. The summed E-state index contributed by atoms with van der Waals surface area (Å²) >= 11 is 0. The number of imide groups is 1. The Morgan fingerprint density at radius 2 is 1.40 bits per heavy atom. The quantitative estimate of drug-likeness (QED) is 0.337. The third kappa shape index (κ3) is 3.76. The van der Waals surface area contributed by atoms with Gasteiger partial charge in [-0.1, -0.05) is 83.4 Å². The molecule has 180 valence electrons. The van der Waals surface area contributed by atoms with E-state index in [2.05, 4.69) is 81.1 Å². The van der Waals surface area contributed by atoms with Gasteiger partial charge in [-0.15, -0.1) is 0 Å².